The first-order chi connectivity index (χ1) is 18.7. The van der Waals surface area contributed by atoms with Crippen molar-refractivity contribution in [2.45, 2.75) is 37.4 Å². The fourth-order valence-electron chi connectivity index (χ4n) is 4.58. The number of fused-ring (bicyclic) bond motifs is 1. The Morgan fingerprint density at radius 3 is 2.72 bits per heavy atom. The van der Waals surface area contributed by atoms with Crippen LogP contribution >= 0.6 is 0 Å². The molecule has 3 aromatic rings. The Hall–Kier alpha value is -3.42. The first-order valence-corrected chi connectivity index (χ1v) is 14.3. The second-order valence-electron chi connectivity index (χ2n) is 9.91. The molecule has 0 aliphatic carbocycles. The Bertz CT molecular complexity index is 1440. The maximum atomic E-state index is 13.7. The van der Waals surface area contributed by atoms with E-state index in [2.05, 4.69) is 21.7 Å². The van der Waals surface area contributed by atoms with E-state index in [0.29, 0.717) is 24.4 Å². The van der Waals surface area contributed by atoms with Crippen LogP contribution in [0.3, 0.4) is 0 Å². The van der Waals surface area contributed by atoms with Crippen LogP contribution in [0.5, 0.6) is 11.5 Å². The van der Waals surface area contributed by atoms with Crippen molar-refractivity contribution in [2.75, 3.05) is 33.9 Å². The predicted octanol–water partition coefficient (Wildman–Crippen LogP) is 3.39. The van der Waals surface area contributed by atoms with E-state index >= 15 is 0 Å². The number of nitrogens with zero attached hydrogens (tertiary/aromatic N) is 3. The molecule has 0 spiro atoms. The average molecular weight is 550 g/mol. The van der Waals surface area contributed by atoms with Crippen molar-refractivity contribution >= 4 is 10.0 Å². The maximum absolute atomic E-state index is 13.7. The molecule has 9 heteroatoms. The number of aromatic nitrogens is 1. The molecule has 4 rings (SSSR count). The number of pyridine rings is 1. The van der Waals surface area contributed by atoms with Gasteiger partial charge in [0.15, 0.2) is 0 Å². The number of benzene rings is 2. The summed E-state index contributed by atoms with van der Waals surface area (Å²) < 4.78 is 40.7. The SMILES string of the molecule is COc1ccccc1C#Cc1ccc2c(c1)O[C@@H](CN(C)Cc1cccnc1)[C@H](C)CN([C@H](C)CO)S2(=O)=O. The van der Waals surface area contributed by atoms with Crippen molar-refractivity contribution in [2.24, 2.45) is 5.92 Å². The lowest BCUT2D eigenvalue weighted by Crippen LogP contribution is -2.49. The van der Waals surface area contributed by atoms with Crippen molar-refractivity contribution in [3.8, 4) is 23.3 Å². The zero-order valence-electron chi connectivity index (χ0n) is 22.7. The van der Waals surface area contributed by atoms with Gasteiger partial charge in [-0.05, 0) is 55.9 Å². The molecule has 1 aromatic heterocycles. The third kappa shape index (κ3) is 6.78. The quantitative estimate of drug-likeness (QED) is 0.452. The number of hydrogen-bond acceptors (Lipinski definition) is 7. The topological polar surface area (TPSA) is 92.2 Å². The minimum Gasteiger partial charge on any atom is -0.495 e. The van der Waals surface area contributed by atoms with Crippen molar-refractivity contribution in [3.63, 3.8) is 0 Å². The van der Waals surface area contributed by atoms with Gasteiger partial charge in [-0.25, -0.2) is 8.42 Å². The number of hydrogen-bond donors (Lipinski definition) is 1. The van der Waals surface area contributed by atoms with Crippen molar-refractivity contribution < 1.29 is 23.0 Å². The van der Waals surface area contributed by atoms with Gasteiger partial charge in [-0.15, -0.1) is 0 Å². The number of rotatable bonds is 7. The molecule has 0 radical (unpaired) electrons. The van der Waals surface area contributed by atoms with Crippen molar-refractivity contribution in [1.82, 2.24) is 14.2 Å². The highest BCUT2D eigenvalue weighted by Crippen LogP contribution is 2.34. The molecule has 3 atom stereocenters. The Morgan fingerprint density at radius 1 is 1.21 bits per heavy atom. The number of ether oxygens (including phenoxy) is 2. The average Bonchev–Trinajstić information content (AvgIpc) is 2.94. The highest BCUT2D eigenvalue weighted by atomic mass is 32.2. The van der Waals surface area contributed by atoms with Gasteiger partial charge in [0.25, 0.3) is 0 Å². The summed E-state index contributed by atoms with van der Waals surface area (Å²) in [6.07, 6.45) is 3.26. The van der Waals surface area contributed by atoms with E-state index in [4.69, 9.17) is 9.47 Å². The molecule has 1 aliphatic heterocycles. The molecule has 0 saturated carbocycles. The van der Waals surface area contributed by atoms with E-state index in [9.17, 15) is 13.5 Å². The minimum absolute atomic E-state index is 0.0671. The summed E-state index contributed by atoms with van der Waals surface area (Å²) in [6, 6.07) is 15.7. The molecule has 0 fully saturated rings. The van der Waals surface area contributed by atoms with Crippen molar-refractivity contribution in [1.29, 1.82) is 0 Å². The Balaban J connectivity index is 1.71. The van der Waals surface area contributed by atoms with Crippen LogP contribution in [0.2, 0.25) is 0 Å². The fourth-order valence-corrected chi connectivity index (χ4v) is 6.41. The molecule has 1 N–H and O–H groups in total. The molecule has 0 saturated heterocycles. The largest absolute Gasteiger partial charge is 0.495 e. The van der Waals surface area contributed by atoms with Crippen LogP contribution in [0.4, 0.5) is 0 Å². The van der Waals surface area contributed by atoms with Crippen LogP contribution in [0.25, 0.3) is 0 Å². The fraction of sp³-hybridized carbons (Fsp3) is 0.367. The number of aliphatic hydroxyl groups is 1. The zero-order chi connectivity index (χ0) is 28.0. The third-order valence-corrected chi connectivity index (χ3v) is 8.80. The summed E-state index contributed by atoms with van der Waals surface area (Å²) in [5.74, 6) is 7.00. The molecular weight excluding hydrogens is 514 g/mol. The lowest BCUT2D eigenvalue weighted by atomic mass is 10.0. The maximum Gasteiger partial charge on any atom is 0.247 e. The highest BCUT2D eigenvalue weighted by Gasteiger charge is 2.38. The number of aliphatic hydroxyl groups excluding tert-OH is 1. The van der Waals surface area contributed by atoms with Gasteiger partial charge in [0.1, 0.15) is 22.5 Å². The molecule has 0 amide bonds. The highest BCUT2D eigenvalue weighted by molar-refractivity contribution is 7.89. The summed E-state index contributed by atoms with van der Waals surface area (Å²) in [7, 11) is -0.327. The Kier molecular flexibility index (Phi) is 9.25. The van der Waals surface area contributed by atoms with Gasteiger partial charge < -0.3 is 14.6 Å². The van der Waals surface area contributed by atoms with Gasteiger partial charge in [0.2, 0.25) is 10.0 Å². The minimum atomic E-state index is -3.92. The first-order valence-electron chi connectivity index (χ1n) is 12.9. The number of sulfonamides is 1. The molecular formula is C30H35N3O5S. The van der Waals surface area contributed by atoms with E-state index in [1.54, 1.807) is 38.4 Å². The summed E-state index contributed by atoms with van der Waals surface area (Å²) >= 11 is 0. The van der Waals surface area contributed by atoms with Crippen LogP contribution < -0.4 is 9.47 Å². The standard InChI is InChI=1S/C30H35N3O5S/c1-22-18-33(23(2)21-34)39(35,36)30-14-12-24(11-13-26-9-5-6-10-27(26)37-4)16-28(30)38-29(22)20-32(3)19-25-8-7-15-31-17-25/h5-10,12,14-17,22-23,29,34H,18-21H2,1-4H3/t22-,23-,29+/m1/s1. The van der Waals surface area contributed by atoms with Crippen LogP contribution in [-0.4, -0.2) is 73.7 Å². The van der Waals surface area contributed by atoms with Gasteiger partial charge in [0.05, 0.1) is 19.3 Å². The van der Waals surface area contributed by atoms with Crippen LogP contribution in [0.1, 0.15) is 30.5 Å². The summed E-state index contributed by atoms with van der Waals surface area (Å²) in [6.45, 7) is 4.87. The zero-order valence-corrected chi connectivity index (χ0v) is 23.6. The number of likely N-dealkylation sites (N-methyl/N-ethyl adjacent to an activating group) is 1. The van der Waals surface area contributed by atoms with Gasteiger partial charge >= 0.3 is 0 Å². The lowest BCUT2D eigenvalue weighted by Gasteiger charge is -2.37. The van der Waals surface area contributed by atoms with Crippen LogP contribution in [0, 0.1) is 17.8 Å². The molecule has 0 unspecified atom stereocenters. The smallest absolute Gasteiger partial charge is 0.247 e. The molecule has 2 heterocycles. The number of para-hydroxylation sites is 1. The first kappa shape index (κ1) is 28.6. The Morgan fingerprint density at radius 2 is 2.00 bits per heavy atom. The summed E-state index contributed by atoms with van der Waals surface area (Å²) in [4.78, 5) is 6.40. The third-order valence-electron chi connectivity index (χ3n) is 6.78. The van der Waals surface area contributed by atoms with E-state index in [0.717, 1.165) is 11.1 Å². The van der Waals surface area contributed by atoms with Gasteiger partial charge in [-0.1, -0.05) is 37.0 Å². The van der Waals surface area contributed by atoms with E-state index in [-0.39, 0.29) is 35.8 Å². The Labute approximate surface area is 231 Å². The lowest BCUT2D eigenvalue weighted by molar-refractivity contribution is 0.0733. The van der Waals surface area contributed by atoms with E-state index in [1.165, 1.54) is 4.31 Å². The monoisotopic (exact) mass is 549 g/mol. The number of methoxy groups -OCH3 is 1. The van der Waals surface area contributed by atoms with Gasteiger partial charge in [0, 0.05) is 49.6 Å². The normalized spacial score (nSPS) is 19.5. The van der Waals surface area contributed by atoms with E-state index in [1.807, 2.05) is 56.6 Å². The second kappa shape index (κ2) is 12.6. The summed E-state index contributed by atoms with van der Waals surface area (Å²) in [5.41, 5.74) is 2.42. The van der Waals surface area contributed by atoms with Crippen LogP contribution in [-0.2, 0) is 16.6 Å². The molecule has 206 valence electrons. The van der Waals surface area contributed by atoms with Crippen molar-refractivity contribution in [3.05, 3.63) is 83.7 Å². The van der Waals surface area contributed by atoms with Crippen LogP contribution in [0.15, 0.2) is 71.9 Å². The molecule has 39 heavy (non-hydrogen) atoms. The molecule has 1 aliphatic rings. The molecule has 2 aromatic carbocycles. The molecule has 0 bridgehead atoms. The summed E-state index contributed by atoms with van der Waals surface area (Å²) in [5, 5.41) is 9.88. The molecule has 8 nitrogen and oxygen atoms in total. The van der Waals surface area contributed by atoms with Gasteiger partial charge in [-0.2, -0.15) is 4.31 Å². The predicted molar refractivity (Wildman–Crippen MR) is 150 cm³/mol. The van der Waals surface area contributed by atoms with E-state index < -0.39 is 16.1 Å². The second-order valence-corrected chi connectivity index (χ2v) is 11.8. The van der Waals surface area contributed by atoms with Gasteiger partial charge in [-0.3, -0.25) is 9.88 Å².